The molecular weight excluding hydrogens is 304 g/mol. The average Bonchev–Trinajstić information content (AvgIpc) is 2.61. The number of carbonyl (C=O) groups is 1. The molecule has 0 bridgehead atoms. The zero-order valence-electron chi connectivity index (χ0n) is 13.1. The summed E-state index contributed by atoms with van der Waals surface area (Å²) in [5.41, 5.74) is 1.82. The predicted octanol–water partition coefficient (Wildman–Crippen LogP) is 1.64. The number of nitrogens with one attached hydrogen (secondary N) is 2. The Morgan fingerprint density at radius 2 is 2.04 bits per heavy atom. The second-order valence-corrected chi connectivity index (χ2v) is 5.04. The fourth-order valence-electron chi connectivity index (χ4n) is 1.99. The second kappa shape index (κ2) is 8.96. The summed E-state index contributed by atoms with van der Waals surface area (Å²) in [5, 5.41) is 23.9. The van der Waals surface area contributed by atoms with E-state index in [1.165, 1.54) is 6.20 Å². The van der Waals surface area contributed by atoms with Crippen molar-refractivity contribution in [2.24, 2.45) is 0 Å². The van der Waals surface area contributed by atoms with Crippen LogP contribution >= 0.6 is 0 Å². The molecule has 6 heteroatoms. The highest BCUT2D eigenvalue weighted by Crippen LogP contribution is 2.09. The molecule has 1 heterocycles. The molecule has 0 aliphatic heterocycles. The van der Waals surface area contributed by atoms with Gasteiger partial charge in [-0.2, -0.15) is 5.26 Å². The molecule has 3 N–H and O–H groups in total. The lowest BCUT2D eigenvalue weighted by Gasteiger charge is -2.05. The number of amides is 1. The van der Waals surface area contributed by atoms with Crippen LogP contribution in [0.2, 0.25) is 0 Å². The molecule has 0 saturated heterocycles. The number of pyridine rings is 1. The molecule has 0 aliphatic rings. The number of carbonyl (C=O) groups excluding carboxylic acids is 1. The third-order valence-electron chi connectivity index (χ3n) is 3.26. The second-order valence-electron chi connectivity index (χ2n) is 5.04. The average molecular weight is 322 g/mol. The number of phenolic OH excluding ortho intramolecular Hbond substituents is 1. The zero-order chi connectivity index (χ0) is 17.2. The van der Waals surface area contributed by atoms with Crippen molar-refractivity contribution in [3.8, 4) is 11.8 Å². The summed E-state index contributed by atoms with van der Waals surface area (Å²) in [6, 6.07) is 14.2. The van der Waals surface area contributed by atoms with Gasteiger partial charge in [0, 0.05) is 18.9 Å². The van der Waals surface area contributed by atoms with E-state index in [4.69, 9.17) is 5.26 Å². The number of aromatic nitrogens is 1. The Balaban J connectivity index is 1.79. The topological polar surface area (TPSA) is 98.0 Å². The minimum absolute atomic E-state index is 0.0108. The summed E-state index contributed by atoms with van der Waals surface area (Å²) in [6.07, 6.45) is 3.69. The first-order valence-corrected chi connectivity index (χ1v) is 7.48. The molecule has 0 fully saturated rings. The van der Waals surface area contributed by atoms with Crippen LogP contribution in [0.15, 0.2) is 60.4 Å². The third kappa shape index (κ3) is 5.46. The van der Waals surface area contributed by atoms with Crippen LogP contribution in [-0.2, 0) is 17.8 Å². The maximum atomic E-state index is 12.0. The van der Waals surface area contributed by atoms with Crippen molar-refractivity contribution >= 4 is 5.91 Å². The van der Waals surface area contributed by atoms with Gasteiger partial charge >= 0.3 is 0 Å². The van der Waals surface area contributed by atoms with Crippen molar-refractivity contribution in [3.05, 3.63) is 71.7 Å². The van der Waals surface area contributed by atoms with E-state index in [1.807, 2.05) is 24.3 Å². The molecule has 0 atom stereocenters. The fraction of sp³-hybridized carbons (Fsp3) is 0.167. The van der Waals surface area contributed by atoms with Gasteiger partial charge in [-0.15, -0.1) is 0 Å². The van der Waals surface area contributed by atoms with Crippen LogP contribution in [-0.4, -0.2) is 22.5 Å². The number of hydrogen-bond donors (Lipinski definition) is 3. The number of hydrogen-bond acceptors (Lipinski definition) is 5. The van der Waals surface area contributed by atoms with E-state index in [2.05, 4.69) is 15.6 Å². The van der Waals surface area contributed by atoms with Crippen molar-refractivity contribution in [2.45, 2.75) is 13.0 Å². The minimum Gasteiger partial charge on any atom is -0.508 e. The number of nitrogens with zero attached hydrogens (tertiary/aromatic N) is 2. The Labute approximate surface area is 140 Å². The van der Waals surface area contributed by atoms with Gasteiger partial charge in [0.2, 0.25) is 0 Å². The highest BCUT2D eigenvalue weighted by Gasteiger charge is 2.07. The molecule has 2 aromatic rings. The lowest BCUT2D eigenvalue weighted by molar-refractivity contribution is -0.117. The highest BCUT2D eigenvalue weighted by molar-refractivity contribution is 5.97. The monoisotopic (exact) mass is 322 g/mol. The molecule has 122 valence electrons. The first-order valence-electron chi connectivity index (χ1n) is 7.48. The van der Waals surface area contributed by atoms with Crippen LogP contribution in [0.4, 0.5) is 0 Å². The first kappa shape index (κ1) is 17.0. The van der Waals surface area contributed by atoms with Gasteiger partial charge in [0.25, 0.3) is 5.91 Å². The van der Waals surface area contributed by atoms with E-state index in [0.717, 1.165) is 11.3 Å². The fourth-order valence-corrected chi connectivity index (χ4v) is 1.99. The van der Waals surface area contributed by atoms with Crippen LogP contribution in [0.1, 0.15) is 11.3 Å². The van der Waals surface area contributed by atoms with Gasteiger partial charge in [-0.05, 0) is 36.2 Å². The summed E-state index contributed by atoms with van der Waals surface area (Å²) >= 11 is 0. The van der Waals surface area contributed by atoms with Gasteiger partial charge in [-0.3, -0.25) is 9.78 Å². The van der Waals surface area contributed by atoms with Crippen molar-refractivity contribution in [1.29, 1.82) is 5.26 Å². The van der Waals surface area contributed by atoms with Crippen LogP contribution in [0.5, 0.6) is 5.75 Å². The lowest BCUT2D eigenvalue weighted by atomic mass is 10.1. The van der Waals surface area contributed by atoms with E-state index in [9.17, 15) is 9.90 Å². The molecule has 0 spiro atoms. The molecule has 0 unspecified atom stereocenters. The Kier molecular flexibility index (Phi) is 6.35. The van der Waals surface area contributed by atoms with Gasteiger partial charge in [-0.25, -0.2) is 0 Å². The normalized spacial score (nSPS) is 10.7. The molecule has 0 saturated carbocycles. The van der Waals surface area contributed by atoms with E-state index in [-0.39, 0.29) is 11.3 Å². The molecule has 2 rings (SSSR count). The summed E-state index contributed by atoms with van der Waals surface area (Å²) in [6.45, 7) is 0.843. The zero-order valence-corrected chi connectivity index (χ0v) is 13.1. The Hall–Kier alpha value is -3.33. The van der Waals surface area contributed by atoms with Gasteiger partial charge in [0.1, 0.15) is 17.4 Å². The Morgan fingerprint density at radius 3 is 2.71 bits per heavy atom. The van der Waals surface area contributed by atoms with Crippen LogP contribution in [0, 0.1) is 11.3 Å². The number of rotatable bonds is 7. The highest BCUT2D eigenvalue weighted by atomic mass is 16.3. The van der Waals surface area contributed by atoms with Gasteiger partial charge in [0.05, 0.1) is 12.2 Å². The molecule has 0 aliphatic carbocycles. The van der Waals surface area contributed by atoms with Gasteiger partial charge in [0.15, 0.2) is 0 Å². The van der Waals surface area contributed by atoms with Crippen LogP contribution in [0.25, 0.3) is 0 Å². The lowest BCUT2D eigenvalue weighted by Crippen LogP contribution is -2.27. The summed E-state index contributed by atoms with van der Waals surface area (Å²) in [5.74, 6) is -0.221. The summed E-state index contributed by atoms with van der Waals surface area (Å²) < 4.78 is 0. The van der Waals surface area contributed by atoms with E-state index >= 15 is 0 Å². The van der Waals surface area contributed by atoms with E-state index < -0.39 is 5.91 Å². The predicted molar refractivity (Wildman–Crippen MR) is 89.6 cm³/mol. The summed E-state index contributed by atoms with van der Waals surface area (Å²) in [4.78, 5) is 16.1. The van der Waals surface area contributed by atoms with Crippen LogP contribution in [0.3, 0.4) is 0 Å². The Bertz CT molecular complexity index is 734. The SMILES string of the molecule is N#C/C(=C/NCc1ccccn1)C(=O)NCCc1ccc(O)cc1. The van der Waals surface area contributed by atoms with Crippen molar-refractivity contribution in [2.75, 3.05) is 6.54 Å². The van der Waals surface area contributed by atoms with Crippen molar-refractivity contribution in [3.63, 3.8) is 0 Å². The number of aromatic hydroxyl groups is 1. The maximum absolute atomic E-state index is 12.0. The molecule has 6 nitrogen and oxygen atoms in total. The summed E-state index contributed by atoms with van der Waals surface area (Å²) in [7, 11) is 0. The number of phenols is 1. The van der Waals surface area contributed by atoms with Gasteiger partial charge < -0.3 is 15.7 Å². The van der Waals surface area contributed by atoms with Crippen LogP contribution < -0.4 is 10.6 Å². The van der Waals surface area contributed by atoms with E-state index in [0.29, 0.717) is 19.5 Å². The molecule has 1 aromatic carbocycles. The molecule has 1 amide bonds. The minimum atomic E-state index is -0.426. The molecular formula is C18H18N4O2. The quantitative estimate of drug-likeness (QED) is 0.532. The molecule has 0 radical (unpaired) electrons. The first-order chi connectivity index (χ1) is 11.7. The number of benzene rings is 1. The van der Waals surface area contributed by atoms with Crippen molar-refractivity contribution < 1.29 is 9.90 Å². The smallest absolute Gasteiger partial charge is 0.263 e. The Morgan fingerprint density at radius 1 is 1.25 bits per heavy atom. The van der Waals surface area contributed by atoms with E-state index in [1.54, 1.807) is 30.5 Å². The van der Waals surface area contributed by atoms with Gasteiger partial charge in [-0.1, -0.05) is 18.2 Å². The molecule has 1 aromatic heterocycles. The maximum Gasteiger partial charge on any atom is 0.263 e. The van der Waals surface area contributed by atoms with Crippen molar-refractivity contribution in [1.82, 2.24) is 15.6 Å². The number of nitriles is 1. The largest absolute Gasteiger partial charge is 0.508 e. The standard InChI is InChI=1S/C18H18N4O2/c19-11-15(12-20-13-16-3-1-2-9-21-16)18(24)22-10-8-14-4-6-17(23)7-5-14/h1-7,9,12,20,23H,8,10,13H2,(H,22,24)/b15-12-. The third-order valence-corrected chi connectivity index (χ3v) is 3.26. The molecule has 24 heavy (non-hydrogen) atoms.